The lowest BCUT2D eigenvalue weighted by Gasteiger charge is -2.22. The Morgan fingerprint density at radius 3 is 2.25 bits per heavy atom. The molecule has 1 heterocycles. The Kier molecular flexibility index (Phi) is 7.23. The minimum absolute atomic E-state index is 0.0994. The smallest absolute Gasteiger partial charge is 0.351 e. The van der Waals surface area contributed by atoms with Crippen molar-refractivity contribution in [3.05, 3.63) is 0 Å². The second-order valence-electron chi connectivity index (χ2n) is 4.10. The summed E-state index contributed by atoms with van der Waals surface area (Å²) in [5, 5.41) is 0. The molecule has 0 N–H and O–H groups in total. The van der Waals surface area contributed by atoms with E-state index >= 15 is 0 Å². The molecule has 4 nitrogen and oxygen atoms in total. The maximum absolute atomic E-state index is 5.76. The third-order valence-corrected chi connectivity index (χ3v) is 4.39. The summed E-state index contributed by atoms with van der Waals surface area (Å²) in [6, 6.07) is 0. The van der Waals surface area contributed by atoms with Crippen molar-refractivity contribution < 1.29 is 18.3 Å². The highest BCUT2D eigenvalue weighted by molar-refractivity contribution is 6.45. The quantitative estimate of drug-likeness (QED) is 0.433. The Bertz CT molecular complexity index is 167. The van der Waals surface area contributed by atoms with Gasteiger partial charge in [-0.2, -0.15) is 0 Å². The van der Waals surface area contributed by atoms with Gasteiger partial charge in [-0.05, 0) is 19.8 Å². The summed E-state index contributed by atoms with van der Waals surface area (Å²) in [6.07, 6.45) is 2.36. The van der Waals surface area contributed by atoms with E-state index in [0.717, 1.165) is 32.7 Å². The fourth-order valence-corrected chi connectivity index (χ4v) is 3.13. The van der Waals surface area contributed by atoms with Gasteiger partial charge in [0.2, 0.25) is 0 Å². The van der Waals surface area contributed by atoms with Crippen LogP contribution in [0.4, 0.5) is 0 Å². The first-order valence-corrected chi connectivity index (χ1v) is 7.85. The number of epoxide rings is 1. The third kappa shape index (κ3) is 5.96. The van der Waals surface area contributed by atoms with Crippen molar-refractivity contribution in [1.82, 2.24) is 0 Å². The molecule has 96 valence electrons. The van der Waals surface area contributed by atoms with Gasteiger partial charge in [0.05, 0.1) is 18.9 Å². The lowest BCUT2D eigenvalue weighted by Crippen LogP contribution is -2.38. The van der Waals surface area contributed by atoms with Crippen molar-refractivity contribution in [3.63, 3.8) is 0 Å². The lowest BCUT2D eigenvalue weighted by molar-refractivity contribution is 0.0587. The molecule has 0 aliphatic carbocycles. The van der Waals surface area contributed by atoms with Gasteiger partial charge in [-0.15, -0.1) is 0 Å². The van der Waals surface area contributed by atoms with Crippen LogP contribution < -0.4 is 0 Å². The summed E-state index contributed by atoms with van der Waals surface area (Å²) >= 11 is 0. The van der Waals surface area contributed by atoms with Crippen molar-refractivity contribution >= 4 is 9.28 Å². The van der Waals surface area contributed by atoms with Gasteiger partial charge in [-0.25, -0.2) is 0 Å². The predicted molar refractivity (Wildman–Crippen MR) is 64.8 cm³/mol. The average molecular weight is 248 g/mol. The molecule has 1 aliphatic rings. The van der Waals surface area contributed by atoms with Crippen molar-refractivity contribution in [1.29, 1.82) is 0 Å². The monoisotopic (exact) mass is 248 g/mol. The SMILES string of the molecule is CCCO[SiH](OCCC)C(C)OCC1CO1. The number of hydrogen-bond acceptors (Lipinski definition) is 4. The first kappa shape index (κ1) is 14.1. The van der Waals surface area contributed by atoms with E-state index in [0.29, 0.717) is 12.7 Å². The Morgan fingerprint density at radius 2 is 1.81 bits per heavy atom. The van der Waals surface area contributed by atoms with Crippen molar-refractivity contribution in [3.8, 4) is 0 Å². The standard InChI is InChI=1S/C11H24O4Si/c1-4-6-14-16(15-7-5-2)10(3)12-8-11-9-13-11/h10-11,16H,4-9H2,1-3H3. The van der Waals surface area contributed by atoms with Gasteiger partial charge in [0.1, 0.15) is 6.10 Å². The molecule has 5 heteroatoms. The van der Waals surface area contributed by atoms with Crippen molar-refractivity contribution in [2.75, 3.05) is 26.4 Å². The molecular formula is C11H24O4Si. The topological polar surface area (TPSA) is 40.2 Å². The molecule has 2 atom stereocenters. The van der Waals surface area contributed by atoms with Crippen LogP contribution in [0.1, 0.15) is 33.6 Å². The molecule has 0 spiro atoms. The molecule has 0 aromatic carbocycles. The fraction of sp³-hybridized carbons (Fsp3) is 1.00. The fourth-order valence-electron chi connectivity index (χ4n) is 1.29. The summed E-state index contributed by atoms with van der Waals surface area (Å²) in [5.41, 5.74) is 0.0994. The van der Waals surface area contributed by atoms with Crippen LogP contribution in [0.15, 0.2) is 0 Å². The molecular weight excluding hydrogens is 224 g/mol. The summed E-state index contributed by atoms with van der Waals surface area (Å²) in [5.74, 6) is 0. The van der Waals surface area contributed by atoms with Crippen LogP contribution in [0.2, 0.25) is 0 Å². The molecule has 1 rings (SSSR count). The normalized spacial score (nSPS) is 21.4. The summed E-state index contributed by atoms with van der Waals surface area (Å²) < 4.78 is 22.3. The first-order chi connectivity index (χ1) is 7.77. The molecule has 0 radical (unpaired) electrons. The van der Waals surface area contributed by atoms with E-state index < -0.39 is 9.28 Å². The minimum Gasteiger partial charge on any atom is -0.395 e. The molecule has 1 fully saturated rings. The number of hydrogen-bond donors (Lipinski definition) is 0. The Labute approximate surface area is 100 Å². The van der Waals surface area contributed by atoms with Gasteiger partial charge in [-0.1, -0.05) is 13.8 Å². The van der Waals surface area contributed by atoms with Gasteiger partial charge >= 0.3 is 9.28 Å². The Balaban J connectivity index is 2.19. The maximum atomic E-state index is 5.76. The van der Waals surface area contributed by atoms with E-state index in [2.05, 4.69) is 13.8 Å². The minimum atomic E-state index is -1.67. The largest absolute Gasteiger partial charge is 0.395 e. The molecule has 0 aromatic rings. The molecule has 16 heavy (non-hydrogen) atoms. The van der Waals surface area contributed by atoms with Crippen molar-refractivity contribution in [2.24, 2.45) is 0 Å². The van der Waals surface area contributed by atoms with Crippen LogP contribution in [0.25, 0.3) is 0 Å². The van der Waals surface area contributed by atoms with Gasteiger partial charge in [0.25, 0.3) is 0 Å². The number of rotatable bonds is 10. The third-order valence-electron chi connectivity index (χ3n) is 2.30. The van der Waals surface area contributed by atoms with Gasteiger partial charge < -0.3 is 18.3 Å². The van der Waals surface area contributed by atoms with E-state index in [1.54, 1.807) is 0 Å². The predicted octanol–water partition coefficient (Wildman–Crippen LogP) is 1.40. The Morgan fingerprint density at radius 1 is 1.25 bits per heavy atom. The van der Waals surface area contributed by atoms with Crippen LogP contribution in [0.5, 0.6) is 0 Å². The van der Waals surface area contributed by atoms with Crippen LogP contribution in [0, 0.1) is 0 Å². The molecule has 2 unspecified atom stereocenters. The van der Waals surface area contributed by atoms with Crippen LogP contribution in [-0.4, -0.2) is 47.5 Å². The molecule has 0 amide bonds. The van der Waals surface area contributed by atoms with E-state index in [4.69, 9.17) is 18.3 Å². The van der Waals surface area contributed by atoms with E-state index in [-0.39, 0.29) is 5.73 Å². The number of ether oxygens (including phenoxy) is 2. The molecule has 1 aliphatic heterocycles. The van der Waals surface area contributed by atoms with Crippen molar-refractivity contribution in [2.45, 2.75) is 45.4 Å². The molecule has 1 saturated heterocycles. The summed E-state index contributed by atoms with van der Waals surface area (Å²) in [6.45, 7) is 9.32. The zero-order chi connectivity index (χ0) is 11.8. The lowest BCUT2D eigenvalue weighted by atomic mass is 10.5. The highest BCUT2D eigenvalue weighted by Crippen LogP contribution is 2.11. The highest BCUT2D eigenvalue weighted by Gasteiger charge is 2.28. The second-order valence-corrected chi connectivity index (χ2v) is 6.45. The molecule has 0 bridgehead atoms. The van der Waals surface area contributed by atoms with Gasteiger partial charge in [0, 0.05) is 13.2 Å². The first-order valence-electron chi connectivity index (χ1n) is 6.24. The molecule has 0 saturated carbocycles. The van der Waals surface area contributed by atoms with Crippen LogP contribution in [0.3, 0.4) is 0 Å². The van der Waals surface area contributed by atoms with E-state index in [9.17, 15) is 0 Å². The summed E-state index contributed by atoms with van der Waals surface area (Å²) in [7, 11) is -1.67. The highest BCUT2D eigenvalue weighted by atomic mass is 28.3. The molecule has 0 aromatic heterocycles. The van der Waals surface area contributed by atoms with Gasteiger partial charge in [-0.3, -0.25) is 0 Å². The zero-order valence-electron chi connectivity index (χ0n) is 10.6. The van der Waals surface area contributed by atoms with Gasteiger partial charge in [0.15, 0.2) is 0 Å². The average Bonchev–Trinajstić information content (AvgIpc) is 3.10. The Hall–Kier alpha value is 0.0569. The van der Waals surface area contributed by atoms with E-state index in [1.807, 2.05) is 6.92 Å². The second kappa shape index (κ2) is 8.19. The van der Waals surface area contributed by atoms with E-state index in [1.165, 1.54) is 0 Å². The van der Waals surface area contributed by atoms with Crippen LogP contribution in [-0.2, 0) is 18.3 Å². The summed E-state index contributed by atoms with van der Waals surface area (Å²) in [4.78, 5) is 0. The zero-order valence-corrected chi connectivity index (χ0v) is 11.8. The van der Waals surface area contributed by atoms with Crippen LogP contribution >= 0.6 is 0 Å². The maximum Gasteiger partial charge on any atom is 0.351 e.